The van der Waals surface area contributed by atoms with Crippen LogP contribution in [0.5, 0.6) is 0 Å². The van der Waals surface area contributed by atoms with Crippen molar-refractivity contribution in [1.82, 2.24) is 0 Å². The number of hydrogen-bond donors (Lipinski definition) is 0. The number of rotatable bonds is 6. The van der Waals surface area contributed by atoms with Crippen LogP contribution in [0.25, 0.3) is 6.08 Å². The topological polar surface area (TPSA) is 60.4 Å². The van der Waals surface area contributed by atoms with E-state index in [2.05, 4.69) is 28.5 Å². The van der Waals surface area contributed by atoms with E-state index in [-0.39, 0.29) is 12.4 Å². The Bertz CT molecular complexity index is 968. The predicted octanol–water partition coefficient (Wildman–Crippen LogP) is 3.88. The first-order valence-electron chi connectivity index (χ1n) is 7.70. The van der Waals surface area contributed by atoms with Crippen molar-refractivity contribution in [1.29, 1.82) is 0 Å². The normalized spacial score (nSPS) is 11.3. The molecule has 0 aliphatic rings. The summed E-state index contributed by atoms with van der Waals surface area (Å²) in [5.74, 6) is 1.64. The number of benzene rings is 2. The molecule has 0 amide bonds. The number of carbonyl (C=O) groups is 1. The number of halogens is 1. The SMILES string of the molecule is C#CCOC(=O)c1ccc(/C=C/CS(=O)(=O)c2cccc(I)c2C)cc1. The van der Waals surface area contributed by atoms with Crippen molar-refractivity contribution in [2.75, 3.05) is 12.4 Å². The third-order valence-electron chi connectivity index (χ3n) is 3.61. The molecule has 0 bridgehead atoms. The van der Waals surface area contributed by atoms with Gasteiger partial charge < -0.3 is 4.74 Å². The summed E-state index contributed by atoms with van der Waals surface area (Å²) in [5, 5.41) is 0. The molecule has 2 aromatic rings. The van der Waals surface area contributed by atoms with Crippen LogP contribution in [0, 0.1) is 22.8 Å². The van der Waals surface area contributed by atoms with Gasteiger partial charge in [-0.1, -0.05) is 36.3 Å². The molecule has 0 heterocycles. The zero-order valence-electron chi connectivity index (χ0n) is 14.1. The first-order valence-corrected chi connectivity index (χ1v) is 10.4. The fourth-order valence-corrected chi connectivity index (χ4v) is 4.32. The smallest absolute Gasteiger partial charge is 0.339 e. The highest BCUT2D eigenvalue weighted by atomic mass is 127. The summed E-state index contributed by atoms with van der Waals surface area (Å²) < 4.78 is 30.8. The van der Waals surface area contributed by atoms with Gasteiger partial charge in [-0.05, 0) is 64.9 Å². The second-order valence-electron chi connectivity index (χ2n) is 5.45. The highest BCUT2D eigenvalue weighted by Gasteiger charge is 2.16. The van der Waals surface area contributed by atoms with E-state index in [0.717, 1.165) is 14.7 Å². The molecule has 6 heteroatoms. The minimum atomic E-state index is -3.40. The second kappa shape index (κ2) is 9.01. The largest absolute Gasteiger partial charge is 0.449 e. The van der Waals surface area contributed by atoms with Crippen LogP contribution in [-0.4, -0.2) is 26.7 Å². The van der Waals surface area contributed by atoms with E-state index in [1.165, 1.54) is 0 Å². The molecule has 0 aliphatic heterocycles. The lowest BCUT2D eigenvalue weighted by atomic mass is 10.1. The molecule has 0 aromatic heterocycles. The fraction of sp³-hybridized carbons (Fsp3) is 0.150. The molecular formula is C20H17IO4S. The highest BCUT2D eigenvalue weighted by molar-refractivity contribution is 14.1. The van der Waals surface area contributed by atoms with Gasteiger partial charge in [0.2, 0.25) is 0 Å². The summed E-state index contributed by atoms with van der Waals surface area (Å²) in [6, 6.07) is 11.9. The number of carbonyl (C=O) groups excluding carboxylic acids is 1. The van der Waals surface area contributed by atoms with Crippen LogP contribution in [0.3, 0.4) is 0 Å². The number of terminal acetylenes is 1. The Balaban J connectivity index is 2.07. The molecule has 26 heavy (non-hydrogen) atoms. The molecule has 0 spiro atoms. The van der Waals surface area contributed by atoms with E-state index in [1.807, 2.05) is 6.07 Å². The van der Waals surface area contributed by atoms with E-state index in [9.17, 15) is 13.2 Å². The summed E-state index contributed by atoms with van der Waals surface area (Å²) in [6.45, 7) is 1.73. The van der Waals surface area contributed by atoms with E-state index < -0.39 is 15.8 Å². The number of esters is 1. The van der Waals surface area contributed by atoms with Gasteiger partial charge in [0.15, 0.2) is 16.4 Å². The van der Waals surface area contributed by atoms with Crippen molar-refractivity contribution in [3.05, 3.63) is 68.8 Å². The van der Waals surface area contributed by atoms with Crippen molar-refractivity contribution in [3.8, 4) is 12.3 Å². The Kier molecular flexibility index (Phi) is 7.00. The molecule has 0 N–H and O–H groups in total. The van der Waals surface area contributed by atoms with E-state index in [0.29, 0.717) is 10.5 Å². The first-order chi connectivity index (χ1) is 12.3. The van der Waals surface area contributed by atoms with Crippen molar-refractivity contribution in [2.24, 2.45) is 0 Å². The van der Waals surface area contributed by atoms with E-state index in [4.69, 9.17) is 11.2 Å². The van der Waals surface area contributed by atoms with Gasteiger partial charge in [0.25, 0.3) is 0 Å². The third-order valence-corrected chi connectivity index (χ3v) is 6.52. The van der Waals surface area contributed by atoms with Crippen LogP contribution in [-0.2, 0) is 14.6 Å². The molecule has 0 saturated carbocycles. The van der Waals surface area contributed by atoms with Crippen molar-refractivity contribution in [2.45, 2.75) is 11.8 Å². The predicted molar refractivity (Wildman–Crippen MR) is 111 cm³/mol. The quantitative estimate of drug-likeness (QED) is 0.358. The van der Waals surface area contributed by atoms with Gasteiger partial charge in [-0.15, -0.1) is 6.42 Å². The lowest BCUT2D eigenvalue weighted by Gasteiger charge is -2.07. The Morgan fingerprint density at radius 2 is 1.92 bits per heavy atom. The molecule has 2 rings (SSSR count). The van der Waals surface area contributed by atoms with E-state index in [1.54, 1.807) is 55.5 Å². The monoisotopic (exact) mass is 480 g/mol. The van der Waals surface area contributed by atoms with Gasteiger partial charge in [-0.3, -0.25) is 0 Å². The average molecular weight is 480 g/mol. The fourth-order valence-electron chi connectivity index (χ4n) is 2.25. The third kappa shape index (κ3) is 5.19. The second-order valence-corrected chi connectivity index (χ2v) is 8.61. The molecule has 0 radical (unpaired) electrons. The van der Waals surface area contributed by atoms with Crippen LogP contribution in [0.2, 0.25) is 0 Å². The molecule has 0 atom stereocenters. The molecule has 134 valence electrons. The van der Waals surface area contributed by atoms with Gasteiger partial charge in [0.05, 0.1) is 16.2 Å². The summed E-state index contributed by atoms with van der Waals surface area (Å²) in [4.78, 5) is 12.0. The van der Waals surface area contributed by atoms with Crippen LogP contribution in [0.4, 0.5) is 0 Å². The Morgan fingerprint density at radius 1 is 1.23 bits per heavy atom. The van der Waals surface area contributed by atoms with Crippen molar-refractivity contribution < 1.29 is 17.9 Å². The lowest BCUT2D eigenvalue weighted by Crippen LogP contribution is -2.07. The van der Waals surface area contributed by atoms with Crippen LogP contribution >= 0.6 is 22.6 Å². The van der Waals surface area contributed by atoms with Crippen LogP contribution in [0.1, 0.15) is 21.5 Å². The molecule has 4 nitrogen and oxygen atoms in total. The van der Waals surface area contributed by atoms with Crippen molar-refractivity contribution >= 4 is 44.5 Å². The van der Waals surface area contributed by atoms with Gasteiger partial charge in [-0.25, -0.2) is 13.2 Å². The summed E-state index contributed by atoms with van der Waals surface area (Å²) >= 11 is 2.12. The standard InChI is InChI=1S/C20H17IO4S/c1-3-13-25-20(22)17-11-9-16(10-12-17)6-5-14-26(23,24)19-8-4-7-18(21)15(19)2/h1,4-12H,13-14H2,2H3/b6-5+. The molecule has 0 aliphatic carbocycles. The maximum Gasteiger partial charge on any atom is 0.339 e. The minimum Gasteiger partial charge on any atom is -0.449 e. The summed E-state index contributed by atoms with van der Waals surface area (Å²) in [5.41, 5.74) is 1.93. The van der Waals surface area contributed by atoms with Crippen LogP contribution in [0.15, 0.2) is 53.4 Å². The lowest BCUT2D eigenvalue weighted by molar-refractivity contribution is 0.0556. The van der Waals surface area contributed by atoms with Gasteiger partial charge in [0.1, 0.15) is 0 Å². The molecule has 0 saturated heterocycles. The van der Waals surface area contributed by atoms with E-state index >= 15 is 0 Å². The average Bonchev–Trinajstić information content (AvgIpc) is 2.62. The number of hydrogen-bond acceptors (Lipinski definition) is 4. The van der Waals surface area contributed by atoms with Crippen LogP contribution < -0.4 is 0 Å². The first kappa shape index (κ1) is 20.2. The Morgan fingerprint density at radius 3 is 2.58 bits per heavy atom. The maximum atomic E-state index is 12.5. The molecule has 2 aromatic carbocycles. The molecule has 0 fully saturated rings. The molecular weight excluding hydrogens is 463 g/mol. The molecule has 0 unspecified atom stereocenters. The zero-order chi connectivity index (χ0) is 19.2. The van der Waals surface area contributed by atoms with Gasteiger partial charge >= 0.3 is 5.97 Å². The number of ether oxygens (including phenoxy) is 1. The minimum absolute atomic E-state index is 0.0732. The Hall–Kier alpha value is -2.11. The summed E-state index contributed by atoms with van der Waals surface area (Å²) in [6.07, 6.45) is 8.35. The maximum absolute atomic E-state index is 12.5. The highest BCUT2D eigenvalue weighted by Crippen LogP contribution is 2.21. The Labute approximate surface area is 167 Å². The van der Waals surface area contributed by atoms with Crippen molar-refractivity contribution in [3.63, 3.8) is 0 Å². The van der Waals surface area contributed by atoms with Gasteiger partial charge in [-0.2, -0.15) is 0 Å². The number of sulfone groups is 1. The summed E-state index contributed by atoms with van der Waals surface area (Å²) in [7, 11) is -3.40. The van der Waals surface area contributed by atoms with Gasteiger partial charge in [0, 0.05) is 3.57 Å². The zero-order valence-corrected chi connectivity index (χ0v) is 17.1.